The van der Waals surface area contributed by atoms with E-state index < -0.39 is 5.97 Å². The summed E-state index contributed by atoms with van der Waals surface area (Å²) in [4.78, 5) is 12.2. The van der Waals surface area contributed by atoms with Crippen molar-refractivity contribution in [2.24, 2.45) is 0 Å². The van der Waals surface area contributed by atoms with Crippen LogP contribution < -0.4 is 18.9 Å². The fourth-order valence-electron chi connectivity index (χ4n) is 3.90. The van der Waals surface area contributed by atoms with Crippen LogP contribution in [0.2, 0.25) is 0 Å². The van der Waals surface area contributed by atoms with Gasteiger partial charge in [-0.15, -0.1) is 0 Å². The van der Waals surface area contributed by atoms with Crippen LogP contribution in [-0.4, -0.2) is 41.5 Å². The van der Waals surface area contributed by atoms with Crippen molar-refractivity contribution in [1.82, 2.24) is 0 Å². The Labute approximate surface area is 173 Å². The number of rotatable bonds is 5. The Morgan fingerprint density at radius 3 is 1.27 bits per heavy atom. The zero-order chi connectivity index (χ0) is 21.4. The maximum absolute atomic E-state index is 12.2. The van der Waals surface area contributed by atoms with Gasteiger partial charge in [0.1, 0.15) is 0 Å². The Bertz CT molecular complexity index is 1290. The number of ether oxygens (including phenoxy) is 5. The Balaban J connectivity index is 2.25. The van der Waals surface area contributed by atoms with E-state index in [1.165, 1.54) is 7.11 Å². The van der Waals surface area contributed by atoms with Gasteiger partial charge in [0, 0.05) is 0 Å². The number of carbonyl (C=O) groups is 1. The quantitative estimate of drug-likeness (QED) is 0.345. The van der Waals surface area contributed by atoms with E-state index in [-0.39, 0.29) is 0 Å². The monoisotopic (exact) mass is 406 g/mol. The van der Waals surface area contributed by atoms with Crippen LogP contribution in [0.3, 0.4) is 0 Å². The number of methoxy groups -OCH3 is 5. The first-order valence-electron chi connectivity index (χ1n) is 9.31. The van der Waals surface area contributed by atoms with Crippen LogP contribution in [0.4, 0.5) is 0 Å². The normalized spacial score (nSPS) is 11.0. The molecule has 0 fully saturated rings. The SMILES string of the molecule is COC(=O)c1ccc2c(c1)c1cc(OC)c(OC)cc1c1cc(OC)c(OC)cc21. The van der Waals surface area contributed by atoms with E-state index in [2.05, 4.69) is 0 Å². The fourth-order valence-corrected chi connectivity index (χ4v) is 3.90. The molecule has 0 amide bonds. The fraction of sp³-hybridized carbons (Fsp3) is 0.208. The second-order valence-electron chi connectivity index (χ2n) is 6.76. The van der Waals surface area contributed by atoms with Gasteiger partial charge in [-0.1, -0.05) is 6.07 Å². The molecule has 4 aromatic carbocycles. The molecule has 4 aromatic rings. The summed E-state index contributed by atoms with van der Waals surface area (Å²) in [6, 6.07) is 13.3. The van der Waals surface area contributed by atoms with Crippen molar-refractivity contribution in [2.45, 2.75) is 0 Å². The van der Waals surface area contributed by atoms with Crippen LogP contribution in [0.1, 0.15) is 10.4 Å². The molecular formula is C24H22O6. The third-order valence-electron chi connectivity index (χ3n) is 5.36. The van der Waals surface area contributed by atoms with Crippen molar-refractivity contribution in [3.63, 3.8) is 0 Å². The van der Waals surface area contributed by atoms with Crippen LogP contribution in [-0.2, 0) is 4.74 Å². The Hall–Kier alpha value is -3.67. The molecule has 0 unspecified atom stereocenters. The summed E-state index contributed by atoms with van der Waals surface area (Å²) in [7, 11) is 7.79. The predicted octanol–water partition coefficient (Wildman–Crippen LogP) is 4.97. The van der Waals surface area contributed by atoms with Crippen LogP contribution in [0.5, 0.6) is 23.0 Å². The third kappa shape index (κ3) is 2.92. The number of hydrogen-bond acceptors (Lipinski definition) is 6. The topological polar surface area (TPSA) is 63.2 Å². The third-order valence-corrected chi connectivity index (χ3v) is 5.36. The Kier molecular flexibility index (Phi) is 4.99. The first-order valence-corrected chi connectivity index (χ1v) is 9.31. The molecule has 0 saturated heterocycles. The highest BCUT2D eigenvalue weighted by atomic mass is 16.5. The summed E-state index contributed by atoms with van der Waals surface area (Å²) in [5, 5.41) is 5.68. The number of hydrogen-bond donors (Lipinski definition) is 0. The summed E-state index contributed by atoms with van der Waals surface area (Å²) in [5.74, 6) is 2.09. The average molecular weight is 406 g/mol. The Morgan fingerprint density at radius 2 is 0.900 bits per heavy atom. The maximum Gasteiger partial charge on any atom is 0.337 e. The highest BCUT2D eigenvalue weighted by molar-refractivity contribution is 6.27. The van der Waals surface area contributed by atoms with Crippen molar-refractivity contribution in [3.05, 3.63) is 48.0 Å². The van der Waals surface area contributed by atoms with E-state index in [0.29, 0.717) is 28.6 Å². The minimum absolute atomic E-state index is 0.391. The van der Waals surface area contributed by atoms with Gasteiger partial charge in [0.25, 0.3) is 0 Å². The van der Waals surface area contributed by atoms with E-state index in [1.54, 1.807) is 34.5 Å². The molecule has 0 aliphatic rings. The second kappa shape index (κ2) is 7.63. The Morgan fingerprint density at radius 1 is 0.533 bits per heavy atom. The van der Waals surface area contributed by atoms with Crippen LogP contribution in [0, 0.1) is 0 Å². The van der Waals surface area contributed by atoms with E-state index >= 15 is 0 Å². The summed E-state index contributed by atoms with van der Waals surface area (Å²) >= 11 is 0. The molecular weight excluding hydrogens is 384 g/mol. The molecule has 0 N–H and O–H groups in total. The molecule has 0 saturated carbocycles. The zero-order valence-electron chi connectivity index (χ0n) is 17.5. The first-order chi connectivity index (χ1) is 14.6. The van der Waals surface area contributed by atoms with Gasteiger partial charge in [-0.05, 0) is 68.7 Å². The number of benzene rings is 4. The maximum atomic E-state index is 12.2. The van der Waals surface area contributed by atoms with E-state index in [1.807, 2.05) is 36.4 Å². The van der Waals surface area contributed by atoms with Crippen molar-refractivity contribution >= 4 is 38.3 Å². The van der Waals surface area contributed by atoms with Crippen LogP contribution in [0.25, 0.3) is 32.3 Å². The lowest BCUT2D eigenvalue weighted by molar-refractivity contribution is 0.0601. The van der Waals surface area contributed by atoms with Gasteiger partial charge in [0.2, 0.25) is 0 Å². The van der Waals surface area contributed by atoms with Gasteiger partial charge in [0.05, 0.1) is 41.1 Å². The molecule has 0 aliphatic heterocycles. The summed E-state index contributed by atoms with van der Waals surface area (Å²) < 4.78 is 27.0. The second-order valence-corrected chi connectivity index (χ2v) is 6.76. The summed E-state index contributed by atoms with van der Waals surface area (Å²) in [5.41, 5.74) is 0.473. The van der Waals surface area contributed by atoms with Gasteiger partial charge in [-0.2, -0.15) is 0 Å². The highest BCUT2D eigenvalue weighted by Crippen LogP contribution is 2.44. The van der Waals surface area contributed by atoms with E-state index in [9.17, 15) is 4.79 Å². The molecule has 6 heteroatoms. The van der Waals surface area contributed by atoms with Crippen molar-refractivity contribution in [1.29, 1.82) is 0 Å². The standard InChI is InChI=1S/C24H22O6/c1-26-20-9-16-14-7-6-13(24(25)30-5)8-15(14)17-10-21(27-2)23(29-4)12-19(17)18(16)11-22(20)28-3/h6-12H,1-5H3. The van der Waals surface area contributed by atoms with Gasteiger partial charge >= 0.3 is 5.97 Å². The van der Waals surface area contributed by atoms with Gasteiger partial charge < -0.3 is 23.7 Å². The molecule has 0 atom stereocenters. The van der Waals surface area contributed by atoms with Crippen LogP contribution in [0.15, 0.2) is 42.5 Å². The number of esters is 1. The lowest BCUT2D eigenvalue weighted by Gasteiger charge is -2.16. The first kappa shape index (κ1) is 19.6. The minimum atomic E-state index is -0.391. The number of carbonyl (C=O) groups excluding carboxylic acids is 1. The van der Waals surface area contributed by atoms with Crippen molar-refractivity contribution in [3.8, 4) is 23.0 Å². The van der Waals surface area contributed by atoms with Gasteiger partial charge in [-0.3, -0.25) is 0 Å². The average Bonchev–Trinajstić information content (AvgIpc) is 2.81. The smallest absolute Gasteiger partial charge is 0.337 e. The zero-order valence-corrected chi connectivity index (χ0v) is 17.5. The molecule has 30 heavy (non-hydrogen) atoms. The molecule has 154 valence electrons. The van der Waals surface area contributed by atoms with E-state index in [4.69, 9.17) is 23.7 Å². The molecule has 0 radical (unpaired) electrons. The highest BCUT2D eigenvalue weighted by Gasteiger charge is 2.17. The minimum Gasteiger partial charge on any atom is -0.493 e. The van der Waals surface area contributed by atoms with E-state index in [0.717, 1.165) is 32.3 Å². The van der Waals surface area contributed by atoms with Crippen molar-refractivity contribution in [2.75, 3.05) is 35.5 Å². The molecule has 0 aromatic heterocycles. The summed E-state index contributed by atoms with van der Waals surface area (Å²) in [6.45, 7) is 0. The van der Waals surface area contributed by atoms with Crippen molar-refractivity contribution < 1.29 is 28.5 Å². The largest absolute Gasteiger partial charge is 0.493 e. The number of fused-ring (bicyclic) bond motifs is 6. The molecule has 0 heterocycles. The lowest BCUT2D eigenvalue weighted by atomic mass is 9.92. The lowest BCUT2D eigenvalue weighted by Crippen LogP contribution is -2.01. The molecule has 6 nitrogen and oxygen atoms in total. The van der Waals surface area contributed by atoms with Gasteiger partial charge in [0.15, 0.2) is 23.0 Å². The molecule has 4 rings (SSSR count). The van der Waals surface area contributed by atoms with Gasteiger partial charge in [-0.25, -0.2) is 4.79 Å². The molecule has 0 spiro atoms. The van der Waals surface area contributed by atoms with Crippen LogP contribution >= 0.6 is 0 Å². The predicted molar refractivity (Wildman–Crippen MR) is 117 cm³/mol. The summed E-state index contributed by atoms with van der Waals surface area (Å²) in [6.07, 6.45) is 0. The molecule has 0 aliphatic carbocycles. The molecule has 0 bridgehead atoms.